The van der Waals surface area contributed by atoms with Crippen molar-refractivity contribution in [3.63, 3.8) is 0 Å². The fraction of sp³-hybridized carbons (Fsp3) is 0.333. The highest BCUT2D eigenvalue weighted by Crippen LogP contribution is 2.27. The van der Waals surface area contributed by atoms with Crippen LogP contribution in [0.1, 0.15) is 18.1 Å². The SMILES string of the molecule is CNC(=O)[C@H](C)N(Cc1ccc(Cl)cc1Cl)C(=O)CN(c1cc(Cl)ccc1C)S(C)(=O)=O. The van der Waals surface area contributed by atoms with E-state index in [2.05, 4.69) is 5.32 Å². The number of carbonyl (C=O) groups is 2. The third-order valence-electron chi connectivity index (χ3n) is 4.89. The van der Waals surface area contributed by atoms with E-state index < -0.39 is 34.4 Å². The van der Waals surface area contributed by atoms with Gasteiger partial charge in [-0.15, -0.1) is 0 Å². The first-order chi connectivity index (χ1) is 14.8. The maximum absolute atomic E-state index is 13.4. The normalized spacial score (nSPS) is 12.2. The second-order valence-corrected chi connectivity index (χ2v) is 10.4. The van der Waals surface area contributed by atoms with Gasteiger partial charge in [0.25, 0.3) is 0 Å². The molecule has 2 aromatic carbocycles. The van der Waals surface area contributed by atoms with Crippen LogP contribution in [0.4, 0.5) is 5.69 Å². The van der Waals surface area contributed by atoms with Crippen molar-refractivity contribution in [1.29, 1.82) is 0 Å². The van der Waals surface area contributed by atoms with E-state index in [-0.39, 0.29) is 12.2 Å². The lowest BCUT2D eigenvalue weighted by atomic mass is 10.1. The smallest absolute Gasteiger partial charge is 0.244 e. The first-order valence-corrected chi connectivity index (χ1v) is 12.5. The zero-order valence-electron chi connectivity index (χ0n) is 18.0. The van der Waals surface area contributed by atoms with Crippen LogP contribution in [0.15, 0.2) is 36.4 Å². The lowest BCUT2D eigenvalue weighted by Crippen LogP contribution is -2.50. The first kappa shape index (κ1) is 26.3. The molecule has 0 saturated carbocycles. The van der Waals surface area contributed by atoms with E-state index in [9.17, 15) is 18.0 Å². The number of sulfonamides is 1. The van der Waals surface area contributed by atoms with Gasteiger partial charge in [0.1, 0.15) is 12.6 Å². The number of hydrogen-bond acceptors (Lipinski definition) is 4. The predicted molar refractivity (Wildman–Crippen MR) is 129 cm³/mol. The Balaban J connectivity index is 2.46. The highest BCUT2D eigenvalue weighted by atomic mass is 35.5. The van der Waals surface area contributed by atoms with Gasteiger partial charge in [0, 0.05) is 28.7 Å². The third kappa shape index (κ3) is 6.51. The molecule has 2 rings (SSSR count). The molecule has 0 aliphatic heterocycles. The van der Waals surface area contributed by atoms with Gasteiger partial charge in [-0.05, 0) is 49.2 Å². The van der Waals surface area contributed by atoms with Crippen molar-refractivity contribution < 1.29 is 18.0 Å². The molecule has 0 saturated heterocycles. The Morgan fingerprint density at radius 3 is 2.22 bits per heavy atom. The quantitative estimate of drug-likeness (QED) is 0.572. The Morgan fingerprint density at radius 1 is 1.06 bits per heavy atom. The summed E-state index contributed by atoms with van der Waals surface area (Å²) in [6.45, 7) is 2.73. The van der Waals surface area contributed by atoms with Crippen molar-refractivity contribution in [2.24, 2.45) is 0 Å². The minimum Gasteiger partial charge on any atom is -0.357 e. The largest absolute Gasteiger partial charge is 0.357 e. The van der Waals surface area contributed by atoms with Crippen molar-refractivity contribution in [3.8, 4) is 0 Å². The molecule has 0 fully saturated rings. The minimum absolute atomic E-state index is 0.0183. The molecule has 0 bridgehead atoms. The number of halogens is 3. The monoisotopic (exact) mass is 519 g/mol. The second-order valence-electron chi connectivity index (χ2n) is 7.25. The number of anilines is 1. The third-order valence-corrected chi connectivity index (χ3v) is 6.84. The van der Waals surface area contributed by atoms with Crippen LogP contribution in [0.3, 0.4) is 0 Å². The van der Waals surface area contributed by atoms with Crippen LogP contribution in [0.25, 0.3) is 0 Å². The molecule has 2 amide bonds. The summed E-state index contributed by atoms with van der Waals surface area (Å²) in [6, 6.07) is 8.69. The average molecular weight is 521 g/mol. The van der Waals surface area contributed by atoms with Crippen LogP contribution in [0, 0.1) is 6.92 Å². The summed E-state index contributed by atoms with van der Waals surface area (Å²) in [7, 11) is -2.39. The molecule has 0 unspecified atom stereocenters. The summed E-state index contributed by atoms with van der Waals surface area (Å²) in [6.07, 6.45) is 1.00. The van der Waals surface area contributed by atoms with Crippen LogP contribution in [0.5, 0.6) is 0 Å². The maximum atomic E-state index is 13.4. The van der Waals surface area contributed by atoms with E-state index in [4.69, 9.17) is 34.8 Å². The topological polar surface area (TPSA) is 86.8 Å². The van der Waals surface area contributed by atoms with Gasteiger partial charge in [0.05, 0.1) is 11.9 Å². The van der Waals surface area contributed by atoms with Gasteiger partial charge in [-0.3, -0.25) is 13.9 Å². The molecule has 7 nitrogen and oxygen atoms in total. The van der Waals surface area contributed by atoms with Gasteiger partial charge in [0.2, 0.25) is 21.8 Å². The maximum Gasteiger partial charge on any atom is 0.244 e. The molecule has 1 atom stereocenters. The van der Waals surface area contributed by atoms with Crippen molar-refractivity contribution in [1.82, 2.24) is 10.2 Å². The highest BCUT2D eigenvalue weighted by Gasteiger charge is 2.30. The molecule has 0 spiro atoms. The van der Waals surface area contributed by atoms with Crippen molar-refractivity contribution in [3.05, 3.63) is 62.6 Å². The zero-order valence-corrected chi connectivity index (χ0v) is 21.1. The number of aryl methyl sites for hydroxylation is 1. The number of rotatable bonds is 8. The number of nitrogens with zero attached hydrogens (tertiary/aromatic N) is 2. The average Bonchev–Trinajstić information content (AvgIpc) is 2.71. The lowest BCUT2D eigenvalue weighted by molar-refractivity contribution is -0.139. The number of likely N-dealkylation sites (N-methyl/N-ethyl adjacent to an activating group) is 1. The van der Waals surface area contributed by atoms with Gasteiger partial charge < -0.3 is 10.2 Å². The van der Waals surface area contributed by atoms with E-state index in [0.29, 0.717) is 26.2 Å². The minimum atomic E-state index is -3.84. The van der Waals surface area contributed by atoms with Gasteiger partial charge >= 0.3 is 0 Å². The van der Waals surface area contributed by atoms with E-state index in [1.807, 2.05) is 0 Å². The van der Waals surface area contributed by atoms with Crippen LogP contribution in [-0.2, 0) is 26.2 Å². The number of amides is 2. The molecular formula is C21H24Cl3N3O4S. The number of benzene rings is 2. The summed E-state index contributed by atoms with van der Waals surface area (Å²) in [5.74, 6) is -0.995. The van der Waals surface area contributed by atoms with Gasteiger partial charge in [-0.2, -0.15) is 0 Å². The zero-order chi connectivity index (χ0) is 24.2. The number of hydrogen-bond donors (Lipinski definition) is 1. The van der Waals surface area contributed by atoms with Crippen LogP contribution < -0.4 is 9.62 Å². The Kier molecular flexibility index (Phi) is 8.82. The molecule has 2 aromatic rings. The second kappa shape index (κ2) is 10.7. The standard InChI is InChI=1S/C21H24Cl3N3O4S/c1-13-5-7-17(23)10-19(13)27(32(4,30)31)12-20(28)26(14(2)21(29)25-3)11-15-6-8-16(22)9-18(15)24/h5-10,14H,11-12H2,1-4H3,(H,25,29)/t14-/m0/s1. The molecular weight excluding hydrogens is 497 g/mol. The lowest BCUT2D eigenvalue weighted by Gasteiger charge is -2.32. The van der Waals surface area contributed by atoms with Crippen LogP contribution in [-0.4, -0.2) is 51.0 Å². The Morgan fingerprint density at radius 2 is 1.66 bits per heavy atom. The van der Waals surface area contributed by atoms with Crippen molar-refractivity contribution in [2.45, 2.75) is 26.4 Å². The van der Waals surface area contributed by atoms with Gasteiger partial charge in [-0.25, -0.2) is 8.42 Å². The number of carbonyl (C=O) groups excluding carboxylic acids is 2. The van der Waals surface area contributed by atoms with Gasteiger partial charge in [-0.1, -0.05) is 46.9 Å². The fourth-order valence-electron chi connectivity index (χ4n) is 3.07. The van der Waals surface area contributed by atoms with Crippen molar-refractivity contribution >= 4 is 62.3 Å². The van der Waals surface area contributed by atoms with Crippen LogP contribution in [0.2, 0.25) is 15.1 Å². The molecule has 0 heterocycles. The van der Waals surface area contributed by atoms with Crippen molar-refractivity contribution in [2.75, 3.05) is 24.2 Å². The molecule has 11 heteroatoms. The molecule has 0 aliphatic rings. The Bertz CT molecular complexity index is 1130. The molecule has 0 radical (unpaired) electrons. The van der Waals surface area contributed by atoms with E-state index in [1.165, 1.54) is 24.1 Å². The summed E-state index contributed by atoms with van der Waals surface area (Å²) in [4.78, 5) is 27.0. The fourth-order valence-corrected chi connectivity index (χ4v) is 4.60. The summed E-state index contributed by atoms with van der Waals surface area (Å²) in [5, 5.41) is 3.58. The van der Waals surface area contributed by atoms with E-state index in [0.717, 1.165) is 10.6 Å². The first-order valence-electron chi connectivity index (χ1n) is 9.54. The van der Waals surface area contributed by atoms with Gasteiger partial charge in [0.15, 0.2) is 0 Å². The predicted octanol–water partition coefficient (Wildman–Crippen LogP) is 3.88. The summed E-state index contributed by atoms with van der Waals surface area (Å²) in [5.41, 5.74) is 1.47. The Labute approximate surface area is 203 Å². The molecule has 174 valence electrons. The van der Waals surface area contributed by atoms with E-state index >= 15 is 0 Å². The Hall–Kier alpha value is -2.00. The molecule has 32 heavy (non-hydrogen) atoms. The molecule has 1 N–H and O–H groups in total. The summed E-state index contributed by atoms with van der Waals surface area (Å²) >= 11 is 18.3. The number of nitrogens with one attached hydrogen (secondary N) is 1. The summed E-state index contributed by atoms with van der Waals surface area (Å²) < 4.78 is 26.1. The van der Waals surface area contributed by atoms with Crippen LogP contribution >= 0.6 is 34.8 Å². The molecule has 0 aliphatic carbocycles. The van der Waals surface area contributed by atoms with E-state index in [1.54, 1.807) is 38.1 Å². The highest BCUT2D eigenvalue weighted by molar-refractivity contribution is 7.92. The molecule has 0 aromatic heterocycles.